The van der Waals surface area contributed by atoms with Crippen molar-refractivity contribution in [2.45, 2.75) is 18.9 Å². The molecular weight excluding hydrogens is 318 g/mol. The molecule has 1 aromatic carbocycles. The normalized spacial score (nSPS) is 19.6. The van der Waals surface area contributed by atoms with Crippen LogP contribution < -0.4 is 14.4 Å². The first-order valence-corrected chi connectivity index (χ1v) is 8.61. The van der Waals surface area contributed by atoms with Crippen LogP contribution in [0.25, 0.3) is 11.0 Å². The molecular formula is C18H19N5O2. The van der Waals surface area contributed by atoms with Crippen LogP contribution in [-0.2, 0) is 7.05 Å². The fraction of sp³-hybridized carbons (Fsp3) is 0.389. The number of nitrogens with zero attached hydrogens (tertiary/aromatic N) is 5. The summed E-state index contributed by atoms with van der Waals surface area (Å²) in [6, 6.07) is 6.37. The maximum Gasteiger partial charge on any atom is 0.166 e. The zero-order valence-electron chi connectivity index (χ0n) is 14.1. The fourth-order valence-electron chi connectivity index (χ4n) is 3.88. The Morgan fingerprint density at radius 3 is 3.04 bits per heavy atom. The molecule has 7 heteroatoms. The van der Waals surface area contributed by atoms with E-state index in [-0.39, 0.29) is 6.04 Å². The maximum atomic E-state index is 5.94. The quantitative estimate of drug-likeness (QED) is 0.716. The lowest BCUT2D eigenvalue weighted by atomic mass is 10.0. The molecule has 0 aliphatic carbocycles. The van der Waals surface area contributed by atoms with E-state index in [0.717, 1.165) is 47.7 Å². The number of para-hydroxylation sites is 1. The van der Waals surface area contributed by atoms with Crippen molar-refractivity contribution in [3.8, 4) is 11.5 Å². The molecule has 0 N–H and O–H groups in total. The van der Waals surface area contributed by atoms with Gasteiger partial charge in [0, 0.05) is 19.2 Å². The highest BCUT2D eigenvalue weighted by molar-refractivity contribution is 5.87. The van der Waals surface area contributed by atoms with Gasteiger partial charge in [-0.15, -0.1) is 0 Å². The van der Waals surface area contributed by atoms with Crippen molar-refractivity contribution in [3.05, 3.63) is 36.3 Å². The van der Waals surface area contributed by atoms with Gasteiger partial charge in [0.05, 0.1) is 17.6 Å². The second-order valence-electron chi connectivity index (χ2n) is 6.43. The van der Waals surface area contributed by atoms with Gasteiger partial charge in [0.1, 0.15) is 25.4 Å². The number of anilines is 1. The van der Waals surface area contributed by atoms with Crippen LogP contribution in [0.5, 0.6) is 11.5 Å². The molecule has 1 saturated heterocycles. The van der Waals surface area contributed by atoms with Crippen LogP contribution in [0.15, 0.2) is 30.7 Å². The molecule has 25 heavy (non-hydrogen) atoms. The number of rotatable bonds is 2. The predicted molar refractivity (Wildman–Crippen MR) is 93.1 cm³/mol. The largest absolute Gasteiger partial charge is 0.486 e. The van der Waals surface area contributed by atoms with E-state index in [1.807, 2.05) is 25.4 Å². The molecule has 5 rings (SSSR count). The second kappa shape index (κ2) is 5.61. The van der Waals surface area contributed by atoms with E-state index in [1.165, 1.54) is 5.56 Å². The summed E-state index contributed by atoms with van der Waals surface area (Å²) in [5.74, 6) is 2.65. The molecule has 7 nitrogen and oxygen atoms in total. The molecule has 1 atom stereocenters. The van der Waals surface area contributed by atoms with Gasteiger partial charge in [0.2, 0.25) is 0 Å². The zero-order chi connectivity index (χ0) is 16.8. The average Bonchev–Trinajstić information content (AvgIpc) is 3.28. The van der Waals surface area contributed by atoms with E-state index >= 15 is 0 Å². The highest BCUT2D eigenvalue weighted by Gasteiger charge is 2.32. The Morgan fingerprint density at radius 2 is 2.08 bits per heavy atom. The summed E-state index contributed by atoms with van der Waals surface area (Å²) in [6.45, 7) is 2.15. The Bertz CT molecular complexity index is 938. The summed E-state index contributed by atoms with van der Waals surface area (Å²) < 4.78 is 13.5. The number of hydrogen-bond acceptors (Lipinski definition) is 6. The van der Waals surface area contributed by atoms with Crippen LogP contribution >= 0.6 is 0 Å². The number of aryl methyl sites for hydroxylation is 1. The first-order valence-electron chi connectivity index (χ1n) is 8.61. The molecule has 0 unspecified atom stereocenters. The van der Waals surface area contributed by atoms with Crippen molar-refractivity contribution in [3.63, 3.8) is 0 Å². The van der Waals surface area contributed by atoms with Gasteiger partial charge in [-0.2, -0.15) is 5.10 Å². The Labute approximate surface area is 145 Å². The zero-order valence-corrected chi connectivity index (χ0v) is 14.1. The lowest BCUT2D eigenvalue weighted by Gasteiger charge is -2.29. The Hall–Kier alpha value is -2.83. The fourth-order valence-corrected chi connectivity index (χ4v) is 3.88. The molecule has 0 amide bonds. The van der Waals surface area contributed by atoms with Gasteiger partial charge in [-0.25, -0.2) is 9.97 Å². The van der Waals surface area contributed by atoms with Gasteiger partial charge in [-0.3, -0.25) is 4.68 Å². The van der Waals surface area contributed by atoms with E-state index in [4.69, 9.17) is 9.47 Å². The number of benzene rings is 1. The van der Waals surface area contributed by atoms with Crippen LogP contribution in [0, 0.1) is 0 Å². The lowest BCUT2D eigenvalue weighted by molar-refractivity contribution is 0.169. The van der Waals surface area contributed by atoms with Crippen LogP contribution in [-0.4, -0.2) is 39.5 Å². The molecule has 1 fully saturated rings. The second-order valence-corrected chi connectivity index (χ2v) is 6.43. The third kappa shape index (κ3) is 2.22. The van der Waals surface area contributed by atoms with E-state index < -0.39 is 0 Å². The highest BCUT2D eigenvalue weighted by atomic mass is 16.6. The monoisotopic (exact) mass is 337 g/mol. The molecule has 3 aromatic rings. The van der Waals surface area contributed by atoms with E-state index in [0.29, 0.717) is 13.2 Å². The van der Waals surface area contributed by atoms with Gasteiger partial charge in [0.25, 0.3) is 0 Å². The number of ether oxygens (including phenoxy) is 2. The van der Waals surface area contributed by atoms with Gasteiger partial charge in [-0.1, -0.05) is 12.1 Å². The molecule has 0 saturated carbocycles. The maximum absolute atomic E-state index is 5.94. The molecule has 0 spiro atoms. The third-order valence-electron chi connectivity index (χ3n) is 4.99. The number of aromatic nitrogens is 4. The molecule has 0 radical (unpaired) electrons. The Balaban J connectivity index is 1.61. The molecule has 2 aliphatic rings. The van der Waals surface area contributed by atoms with Gasteiger partial charge < -0.3 is 14.4 Å². The third-order valence-corrected chi connectivity index (χ3v) is 4.99. The standard InChI is InChI=1S/C18H19N5O2/c1-22-17-13(10-21-22)18(20-11-19-17)23-7-3-5-14(23)12-4-2-6-15-16(12)25-9-8-24-15/h2,4,6,10-11,14H,3,5,7-9H2,1H3/t14-/m0/s1. The van der Waals surface area contributed by atoms with Crippen molar-refractivity contribution in [2.24, 2.45) is 7.05 Å². The van der Waals surface area contributed by atoms with Gasteiger partial charge >= 0.3 is 0 Å². The first-order chi connectivity index (χ1) is 12.3. The minimum Gasteiger partial charge on any atom is -0.486 e. The first kappa shape index (κ1) is 14.5. The summed E-state index contributed by atoms with van der Waals surface area (Å²) in [6.07, 6.45) is 5.64. The van der Waals surface area contributed by atoms with E-state index in [2.05, 4.69) is 26.0 Å². The summed E-state index contributed by atoms with van der Waals surface area (Å²) in [7, 11) is 1.90. The number of fused-ring (bicyclic) bond motifs is 2. The molecule has 2 aromatic heterocycles. The Morgan fingerprint density at radius 1 is 1.16 bits per heavy atom. The molecule has 2 aliphatic heterocycles. The van der Waals surface area contributed by atoms with Crippen LogP contribution in [0.2, 0.25) is 0 Å². The topological polar surface area (TPSA) is 65.3 Å². The van der Waals surface area contributed by atoms with E-state index in [9.17, 15) is 0 Å². The highest BCUT2D eigenvalue weighted by Crippen LogP contribution is 2.44. The van der Waals surface area contributed by atoms with Crippen LogP contribution in [0.3, 0.4) is 0 Å². The Kier molecular flexibility index (Phi) is 3.26. The molecule has 128 valence electrons. The summed E-state index contributed by atoms with van der Waals surface area (Å²) in [5, 5.41) is 5.32. The van der Waals surface area contributed by atoms with Crippen molar-refractivity contribution in [1.29, 1.82) is 0 Å². The summed E-state index contributed by atoms with van der Waals surface area (Å²) in [4.78, 5) is 11.3. The minimum absolute atomic E-state index is 0.218. The average molecular weight is 337 g/mol. The van der Waals surface area contributed by atoms with Crippen LogP contribution in [0.1, 0.15) is 24.4 Å². The van der Waals surface area contributed by atoms with Crippen molar-refractivity contribution in [1.82, 2.24) is 19.7 Å². The lowest BCUT2D eigenvalue weighted by Crippen LogP contribution is -2.25. The van der Waals surface area contributed by atoms with Gasteiger partial charge in [-0.05, 0) is 18.9 Å². The summed E-state index contributed by atoms with van der Waals surface area (Å²) >= 11 is 0. The summed E-state index contributed by atoms with van der Waals surface area (Å²) in [5.41, 5.74) is 2.02. The SMILES string of the molecule is Cn1ncc2c(N3CCC[C@H]3c3cccc4c3OCCO4)ncnc21. The number of hydrogen-bond donors (Lipinski definition) is 0. The van der Waals surface area contributed by atoms with Gasteiger partial charge in [0.15, 0.2) is 17.1 Å². The van der Waals surface area contributed by atoms with Crippen molar-refractivity contribution in [2.75, 3.05) is 24.7 Å². The molecule has 0 bridgehead atoms. The van der Waals surface area contributed by atoms with Crippen molar-refractivity contribution >= 4 is 16.9 Å². The van der Waals surface area contributed by atoms with Crippen LogP contribution in [0.4, 0.5) is 5.82 Å². The molecule has 4 heterocycles. The van der Waals surface area contributed by atoms with E-state index in [1.54, 1.807) is 11.0 Å². The minimum atomic E-state index is 0.218. The smallest absolute Gasteiger partial charge is 0.166 e. The van der Waals surface area contributed by atoms with Crippen molar-refractivity contribution < 1.29 is 9.47 Å². The predicted octanol–water partition coefficient (Wildman–Crippen LogP) is 2.48.